The summed E-state index contributed by atoms with van der Waals surface area (Å²) in [5.41, 5.74) is 4.83. The van der Waals surface area contributed by atoms with Crippen molar-refractivity contribution in [2.24, 2.45) is 0 Å². The summed E-state index contributed by atoms with van der Waals surface area (Å²) in [4.78, 5) is 22.7. The molecule has 2 N–H and O–H groups in total. The van der Waals surface area contributed by atoms with Crippen molar-refractivity contribution < 1.29 is 4.79 Å². The molecule has 28 heavy (non-hydrogen) atoms. The lowest BCUT2D eigenvalue weighted by Crippen LogP contribution is -2.38. The molecule has 0 saturated carbocycles. The molecule has 1 unspecified atom stereocenters. The molecule has 4 rings (SSSR count). The SMILES string of the molecule is CCN(CC)C1CCc2[nH]c3ccc(NC(=O)c4ncccc4Cl)cc3c2C1. The molecule has 0 aliphatic heterocycles. The Labute approximate surface area is 170 Å². The van der Waals surface area contributed by atoms with Crippen LogP contribution in [-0.2, 0) is 12.8 Å². The van der Waals surface area contributed by atoms with E-state index in [0.717, 1.165) is 37.1 Å². The first-order valence-corrected chi connectivity index (χ1v) is 10.3. The summed E-state index contributed by atoms with van der Waals surface area (Å²) < 4.78 is 0. The van der Waals surface area contributed by atoms with Crippen LogP contribution in [0.5, 0.6) is 0 Å². The van der Waals surface area contributed by atoms with Crippen molar-refractivity contribution in [2.75, 3.05) is 18.4 Å². The molecule has 0 fully saturated rings. The standard InChI is InChI=1S/C22H25ClN4O/c1-3-27(4-2)15-8-10-20-17(13-15)16-12-14(7-9-19(16)26-20)25-22(28)21-18(23)6-5-11-24-21/h5-7,9,11-12,15,26H,3-4,8,10,13H2,1-2H3,(H,25,28). The predicted molar refractivity (Wildman–Crippen MR) is 114 cm³/mol. The van der Waals surface area contributed by atoms with E-state index in [4.69, 9.17) is 11.6 Å². The molecular weight excluding hydrogens is 372 g/mol. The van der Waals surface area contributed by atoms with Gasteiger partial charge in [-0.05, 0) is 68.2 Å². The molecule has 0 bridgehead atoms. The Balaban J connectivity index is 1.62. The lowest BCUT2D eigenvalue weighted by Gasteiger charge is -2.32. The lowest BCUT2D eigenvalue weighted by molar-refractivity contribution is 0.102. The van der Waals surface area contributed by atoms with Crippen molar-refractivity contribution in [3.8, 4) is 0 Å². The van der Waals surface area contributed by atoms with Crippen molar-refractivity contribution in [3.05, 3.63) is 58.5 Å². The van der Waals surface area contributed by atoms with Crippen molar-refractivity contribution >= 4 is 34.1 Å². The molecule has 146 valence electrons. The number of aryl methyl sites for hydroxylation is 1. The van der Waals surface area contributed by atoms with Crippen molar-refractivity contribution in [3.63, 3.8) is 0 Å². The Morgan fingerprint density at radius 2 is 2.14 bits per heavy atom. The van der Waals surface area contributed by atoms with Crippen LogP contribution in [0.2, 0.25) is 5.02 Å². The minimum Gasteiger partial charge on any atom is -0.358 e. The maximum Gasteiger partial charge on any atom is 0.275 e. The molecule has 0 spiro atoms. The number of amides is 1. The van der Waals surface area contributed by atoms with Crippen LogP contribution >= 0.6 is 11.6 Å². The van der Waals surface area contributed by atoms with Gasteiger partial charge in [0.2, 0.25) is 0 Å². The molecule has 1 aliphatic carbocycles. The summed E-state index contributed by atoms with van der Waals surface area (Å²) in [5.74, 6) is -0.296. The van der Waals surface area contributed by atoms with E-state index in [-0.39, 0.29) is 11.6 Å². The number of fused-ring (bicyclic) bond motifs is 3. The number of likely N-dealkylation sites (N-methyl/N-ethyl adjacent to an activating group) is 1. The van der Waals surface area contributed by atoms with Gasteiger partial charge in [-0.15, -0.1) is 0 Å². The van der Waals surface area contributed by atoms with Crippen molar-refractivity contribution in [1.82, 2.24) is 14.9 Å². The average Bonchev–Trinajstić information content (AvgIpc) is 3.07. The number of carbonyl (C=O) groups is 1. The number of benzene rings is 1. The maximum atomic E-state index is 12.5. The topological polar surface area (TPSA) is 61.0 Å². The second-order valence-electron chi connectivity index (χ2n) is 7.25. The van der Waals surface area contributed by atoms with Crippen molar-refractivity contribution in [2.45, 2.75) is 39.2 Å². The Kier molecular flexibility index (Phi) is 5.38. The fourth-order valence-electron chi connectivity index (χ4n) is 4.27. The molecule has 6 heteroatoms. The number of halogens is 1. The van der Waals surface area contributed by atoms with Crippen LogP contribution in [0.1, 0.15) is 42.0 Å². The minimum absolute atomic E-state index is 0.238. The number of carbonyl (C=O) groups excluding carboxylic acids is 1. The summed E-state index contributed by atoms with van der Waals surface area (Å²) in [7, 11) is 0. The van der Waals surface area contributed by atoms with Gasteiger partial charge in [0.05, 0.1) is 5.02 Å². The van der Waals surface area contributed by atoms with Crippen LogP contribution in [-0.4, -0.2) is 39.9 Å². The first-order chi connectivity index (χ1) is 13.6. The van der Waals surface area contributed by atoms with E-state index in [2.05, 4.69) is 40.1 Å². The van der Waals surface area contributed by atoms with E-state index in [1.165, 1.54) is 23.1 Å². The minimum atomic E-state index is -0.296. The third kappa shape index (κ3) is 3.52. The largest absolute Gasteiger partial charge is 0.358 e. The molecular formula is C22H25ClN4O. The van der Waals surface area contributed by atoms with Gasteiger partial charge in [-0.25, -0.2) is 4.98 Å². The Morgan fingerprint density at radius 3 is 2.89 bits per heavy atom. The van der Waals surface area contributed by atoms with Gasteiger partial charge in [-0.3, -0.25) is 4.79 Å². The highest BCUT2D eigenvalue weighted by atomic mass is 35.5. The summed E-state index contributed by atoms with van der Waals surface area (Å²) in [5, 5.41) is 4.47. The molecule has 1 aliphatic rings. The van der Waals surface area contributed by atoms with E-state index < -0.39 is 0 Å². The lowest BCUT2D eigenvalue weighted by atomic mass is 9.90. The zero-order valence-corrected chi connectivity index (χ0v) is 17.0. The summed E-state index contributed by atoms with van der Waals surface area (Å²) in [6, 6.07) is 9.97. The fraction of sp³-hybridized carbons (Fsp3) is 0.364. The second kappa shape index (κ2) is 7.94. The number of H-pyrrole nitrogens is 1. The second-order valence-corrected chi connectivity index (χ2v) is 7.66. The highest BCUT2D eigenvalue weighted by molar-refractivity contribution is 6.34. The number of aromatic amines is 1. The van der Waals surface area contributed by atoms with Crippen LogP contribution in [0.25, 0.3) is 10.9 Å². The fourth-order valence-corrected chi connectivity index (χ4v) is 4.48. The third-order valence-corrected chi connectivity index (χ3v) is 6.03. The van der Waals surface area contributed by atoms with E-state index in [0.29, 0.717) is 11.1 Å². The average molecular weight is 397 g/mol. The summed E-state index contributed by atoms with van der Waals surface area (Å²) in [6.07, 6.45) is 4.86. The molecule has 5 nitrogen and oxygen atoms in total. The number of pyridine rings is 1. The molecule has 2 heterocycles. The Hall–Kier alpha value is -2.37. The number of hydrogen-bond acceptors (Lipinski definition) is 3. The maximum absolute atomic E-state index is 12.5. The van der Waals surface area contributed by atoms with Crippen LogP contribution in [0.15, 0.2) is 36.5 Å². The first-order valence-electron chi connectivity index (χ1n) is 9.90. The van der Waals surface area contributed by atoms with Crippen LogP contribution in [0, 0.1) is 0 Å². The van der Waals surface area contributed by atoms with Gasteiger partial charge in [-0.2, -0.15) is 0 Å². The molecule has 2 aromatic heterocycles. The number of nitrogens with one attached hydrogen (secondary N) is 2. The zero-order valence-electron chi connectivity index (χ0n) is 16.3. The first kappa shape index (κ1) is 19.0. The predicted octanol–water partition coefficient (Wildman–Crippen LogP) is 4.67. The van der Waals surface area contributed by atoms with E-state index in [9.17, 15) is 4.79 Å². The number of anilines is 1. The quantitative estimate of drug-likeness (QED) is 0.658. The summed E-state index contributed by atoms with van der Waals surface area (Å²) >= 11 is 6.10. The molecule has 1 amide bonds. The van der Waals surface area contributed by atoms with E-state index in [1.807, 2.05) is 12.1 Å². The smallest absolute Gasteiger partial charge is 0.275 e. The van der Waals surface area contributed by atoms with Crippen molar-refractivity contribution in [1.29, 1.82) is 0 Å². The van der Waals surface area contributed by atoms with Gasteiger partial charge in [0.1, 0.15) is 5.69 Å². The Morgan fingerprint density at radius 1 is 1.32 bits per heavy atom. The monoisotopic (exact) mass is 396 g/mol. The van der Waals surface area contributed by atoms with Gasteiger partial charge >= 0.3 is 0 Å². The number of aromatic nitrogens is 2. The summed E-state index contributed by atoms with van der Waals surface area (Å²) in [6.45, 7) is 6.60. The van der Waals surface area contributed by atoms with Gasteiger partial charge in [-0.1, -0.05) is 25.4 Å². The van der Waals surface area contributed by atoms with E-state index >= 15 is 0 Å². The van der Waals surface area contributed by atoms with Gasteiger partial charge in [0, 0.05) is 34.5 Å². The van der Waals surface area contributed by atoms with Crippen LogP contribution in [0.4, 0.5) is 5.69 Å². The van der Waals surface area contributed by atoms with Gasteiger partial charge < -0.3 is 15.2 Å². The van der Waals surface area contributed by atoms with Gasteiger partial charge in [0.25, 0.3) is 5.91 Å². The molecule has 1 aromatic carbocycles. The highest BCUT2D eigenvalue weighted by Gasteiger charge is 2.25. The van der Waals surface area contributed by atoms with Gasteiger partial charge in [0.15, 0.2) is 0 Å². The number of rotatable bonds is 5. The third-order valence-electron chi connectivity index (χ3n) is 5.72. The number of nitrogens with zero attached hydrogens (tertiary/aromatic N) is 2. The molecule has 1 atom stereocenters. The van der Waals surface area contributed by atoms with Crippen LogP contribution in [0.3, 0.4) is 0 Å². The number of hydrogen-bond donors (Lipinski definition) is 2. The Bertz CT molecular complexity index is 1010. The molecule has 0 saturated heterocycles. The van der Waals surface area contributed by atoms with Crippen LogP contribution < -0.4 is 5.32 Å². The van der Waals surface area contributed by atoms with E-state index in [1.54, 1.807) is 18.3 Å². The zero-order chi connectivity index (χ0) is 19.7. The highest BCUT2D eigenvalue weighted by Crippen LogP contribution is 2.32. The normalized spacial score (nSPS) is 16.4. The molecule has 0 radical (unpaired) electrons. The molecule has 3 aromatic rings.